The number of carbonyl (C=O) groups is 1. The number of thiophene rings is 1. The number of amides is 1. The normalized spacial score (nSPS) is 10.9. The van der Waals surface area contributed by atoms with E-state index in [2.05, 4.69) is 45.4 Å². The lowest BCUT2D eigenvalue weighted by Gasteiger charge is -2.08. The minimum Gasteiger partial charge on any atom is -0.325 e. The van der Waals surface area contributed by atoms with Gasteiger partial charge in [-0.1, -0.05) is 50.2 Å². The number of para-hydroxylation sites is 1. The Labute approximate surface area is 168 Å². The lowest BCUT2D eigenvalue weighted by Crippen LogP contribution is -2.14. The number of anilines is 1. The van der Waals surface area contributed by atoms with Gasteiger partial charge in [0, 0.05) is 28.1 Å². The first kappa shape index (κ1) is 19.6. The van der Waals surface area contributed by atoms with E-state index in [0.717, 1.165) is 48.0 Å². The average molecular weight is 401 g/mol. The molecule has 0 fully saturated rings. The predicted octanol–water partition coefficient (Wildman–Crippen LogP) is 5.10. The lowest BCUT2D eigenvalue weighted by atomic mass is 10.2. The summed E-state index contributed by atoms with van der Waals surface area (Å²) in [5.74, 6) is 1.16. The first-order valence-corrected chi connectivity index (χ1v) is 11.1. The number of rotatable bonds is 9. The summed E-state index contributed by atoms with van der Waals surface area (Å²) in [5, 5.41) is 14.6. The highest BCUT2D eigenvalue weighted by Gasteiger charge is 2.16. The second-order valence-corrected chi connectivity index (χ2v) is 8.15. The standard InChI is InChI=1S/C20H24N4OS2/c1-3-8-17-12-15(13-26-17)19-22-23-20(24(19)11-4-2)27-14-18(25)21-16-9-6-5-7-10-16/h5-7,9-10,12-13H,3-4,8,11,14H2,1-2H3,(H,21,25). The zero-order chi connectivity index (χ0) is 19.1. The maximum Gasteiger partial charge on any atom is 0.234 e. The maximum absolute atomic E-state index is 12.2. The van der Waals surface area contributed by atoms with Crippen molar-refractivity contribution >= 4 is 34.7 Å². The molecule has 27 heavy (non-hydrogen) atoms. The predicted molar refractivity (Wildman–Crippen MR) is 113 cm³/mol. The molecule has 2 heterocycles. The van der Waals surface area contributed by atoms with Crippen molar-refractivity contribution in [1.82, 2.24) is 14.8 Å². The summed E-state index contributed by atoms with van der Waals surface area (Å²) < 4.78 is 2.12. The number of nitrogens with one attached hydrogen (secondary N) is 1. The van der Waals surface area contributed by atoms with Crippen LogP contribution in [-0.4, -0.2) is 26.4 Å². The smallest absolute Gasteiger partial charge is 0.234 e. The fourth-order valence-corrected chi connectivity index (χ4v) is 4.49. The van der Waals surface area contributed by atoms with E-state index < -0.39 is 0 Å². The van der Waals surface area contributed by atoms with Crippen LogP contribution in [0.15, 0.2) is 46.9 Å². The molecule has 0 atom stereocenters. The molecule has 142 valence electrons. The summed E-state index contributed by atoms with van der Waals surface area (Å²) in [6, 6.07) is 11.7. The summed E-state index contributed by atoms with van der Waals surface area (Å²) in [6.45, 7) is 5.16. The highest BCUT2D eigenvalue weighted by molar-refractivity contribution is 7.99. The number of benzene rings is 1. The third-order valence-corrected chi connectivity index (χ3v) is 5.93. The fourth-order valence-electron chi connectivity index (χ4n) is 2.76. The second-order valence-electron chi connectivity index (χ2n) is 6.21. The summed E-state index contributed by atoms with van der Waals surface area (Å²) in [4.78, 5) is 13.6. The van der Waals surface area contributed by atoms with Gasteiger partial charge in [-0.2, -0.15) is 0 Å². The monoisotopic (exact) mass is 400 g/mol. The lowest BCUT2D eigenvalue weighted by molar-refractivity contribution is -0.113. The van der Waals surface area contributed by atoms with Gasteiger partial charge in [0.05, 0.1) is 5.75 Å². The van der Waals surface area contributed by atoms with Crippen molar-refractivity contribution in [3.63, 3.8) is 0 Å². The van der Waals surface area contributed by atoms with E-state index in [1.54, 1.807) is 11.3 Å². The molecule has 0 bridgehead atoms. The van der Waals surface area contributed by atoms with Crippen molar-refractivity contribution in [3.05, 3.63) is 46.7 Å². The van der Waals surface area contributed by atoms with Crippen LogP contribution in [0.4, 0.5) is 5.69 Å². The van der Waals surface area contributed by atoms with Gasteiger partial charge in [0.1, 0.15) is 0 Å². The first-order chi connectivity index (χ1) is 13.2. The molecule has 0 aliphatic carbocycles. The fraction of sp³-hybridized carbons (Fsp3) is 0.350. The van der Waals surface area contributed by atoms with Crippen molar-refractivity contribution in [1.29, 1.82) is 0 Å². The molecule has 3 aromatic rings. The van der Waals surface area contributed by atoms with Crippen molar-refractivity contribution < 1.29 is 4.79 Å². The van der Waals surface area contributed by atoms with Crippen LogP contribution in [0.5, 0.6) is 0 Å². The topological polar surface area (TPSA) is 59.8 Å². The molecule has 0 saturated carbocycles. The van der Waals surface area contributed by atoms with Crippen LogP contribution in [0.25, 0.3) is 11.4 Å². The minimum absolute atomic E-state index is 0.0421. The van der Waals surface area contributed by atoms with Crippen LogP contribution in [0.1, 0.15) is 31.6 Å². The summed E-state index contributed by atoms with van der Waals surface area (Å²) >= 11 is 3.20. The molecule has 2 aromatic heterocycles. The maximum atomic E-state index is 12.2. The molecule has 0 spiro atoms. The quantitative estimate of drug-likeness (QED) is 0.508. The Morgan fingerprint density at radius 2 is 2.00 bits per heavy atom. The number of thioether (sulfide) groups is 1. The molecule has 0 radical (unpaired) electrons. The molecular formula is C20H24N4OS2. The van der Waals surface area contributed by atoms with Gasteiger partial charge >= 0.3 is 0 Å². The number of aryl methyl sites for hydroxylation is 1. The Balaban J connectivity index is 1.69. The molecule has 0 unspecified atom stereocenters. The molecule has 0 saturated heterocycles. The van der Waals surface area contributed by atoms with E-state index in [1.807, 2.05) is 30.3 Å². The Hall–Kier alpha value is -2.12. The van der Waals surface area contributed by atoms with Crippen molar-refractivity contribution in [2.24, 2.45) is 0 Å². The molecule has 7 heteroatoms. The van der Waals surface area contributed by atoms with Gasteiger partial charge in [-0.25, -0.2) is 0 Å². The van der Waals surface area contributed by atoms with Gasteiger partial charge in [-0.3, -0.25) is 4.79 Å². The summed E-state index contributed by atoms with van der Waals surface area (Å²) in [7, 11) is 0. The summed E-state index contributed by atoms with van der Waals surface area (Å²) in [6.07, 6.45) is 3.22. The SMILES string of the molecule is CCCc1cc(-c2nnc(SCC(=O)Nc3ccccc3)n2CCC)cs1. The number of aromatic nitrogens is 3. The molecular weight excluding hydrogens is 376 g/mol. The Bertz CT molecular complexity index is 873. The van der Waals surface area contributed by atoms with Crippen molar-refractivity contribution in [3.8, 4) is 11.4 Å². The minimum atomic E-state index is -0.0421. The van der Waals surface area contributed by atoms with Gasteiger partial charge < -0.3 is 9.88 Å². The van der Waals surface area contributed by atoms with Gasteiger partial charge in [0.15, 0.2) is 11.0 Å². The van der Waals surface area contributed by atoms with Gasteiger partial charge in [0.2, 0.25) is 5.91 Å². The molecule has 3 rings (SSSR count). The van der Waals surface area contributed by atoms with Gasteiger partial charge in [0.25, 0.3) is 0 Å². The largest absolute Gasteiger partial charge is 0.325 e. The van der Waals surface area contributed by atoms with Crippen molar-refractivity contribution in [2.75, 3.05) is 11.1 Å². The average Bonchev–Trinajstić information content (AvgIpc) is 3.28. The van der Waals surface area contributed by atoms with Crippen LogP contribution < -0.4 is 5.32 Å². The molecule has 1 N–H and O–H groups in total. The molecule has 5 nitrogen and oxygen atoms in total. The van der Waals surface area contributed by atoms with Crippen molar-refractivity contribution in [2.45, 2.75) is 44.8 Å². The van der Waals surface area contributed by atoms with Crippen LogP contribution in [0.2, 0.25) is 0 Å². The van der Waals surface area contributed by atoms with E-state index in [-0.39, 0.29) is 5.91 Å². The van der Waals surface area contributed by atoms with Crippen LogP contribution in [0, 0.1) is 0 Å². The third kappa shape index (κ3) is 5.20. The first-order valence-electron chi connectivity index (χ1n) is 9.20. The molecule has 1 aromatic carbocycles. The molecule has 0 aliphatic rings. The van der Waals surface area contributed by atoms with E-state index in [0.29, 0.717) is 5.75 Å². The zero-order valence-electron chi connectivity index (χ0n) is 15.6. The van der Waals surface area contributed by atoms with E-state index in [9.17, 15) is 4.79 Å². The van der Waals surface area contributed by atoms with Crippen LogP contribution >= 0.6 is 23.1 Å². The Morgan fingerprint density at radius 3 is 2.74 bits per heavy atom. The van der Waals surface area contributed by atoms with E-state index in [1.165, 1.54) is 16.6 Å². The number of hydrogen-bond acceptors (Lipinski definition) is 5. The second kappa shape index (κ2) is 9.71. The van der Waals surface area contributed by atoms with Gasteiger partial charge in [-0.15, -0.1) is 21.5 Å². The zero-order valence-corrected chi connectivity index (χ0v) is 17.3. The van der Waals surface area contributed by atoms with Crippen LogP contribution in [0.3, 0.4) is 0 Å². The molecule has 1 amide bonds. The number of carbonyl (C=O) groups excluding carboxylic acids is 1. The van der Waals surface area contributed by atoms with Gasteiger partial charge in [-0.05, 0) is 31.0 Å². The Morgan fingerprint density at radius 1 is 1.19 bits per heavy atom. The summed E-state index contributed by atoms with van der Waals surface area (Å²) in [5.41, 5.74) is 1.92. The highest BCUT2D eigenvalue weighted by atomic mass is 32.2. The van der Waals surface area contributed by atoms with Crippen LogP contribution in [-0.2, 0) is 17.8 Å². The van der Waals surface area contributed by atoms with E-state index >= 15 is 0 Å². The number of nitrogens with zero attached hydrogens (tertiary/aromatic N) is 3. The third-order valence-electron chi connectivity index (χ3n) is 3.96. The highest BCUT2D eigenvalue weighted by Crippen LogP contribution is 2.28. The van der Waals surface area contributed by atoms with E-state index in [4.69, 9.17) is 0 Å². The Kier molecular flexibility index (Phi) is 7.06. The molecule has 0 aliphatic heterocycles. The number of hydrogen-bond donors (Lipinski definition) is 1.